The molecule has 3 heterocycles. The number of amides is 1. The molecule has 1 N–H and O–H groups in total. The summed E-state index contributed by atoms with van der Waals surface area (Å²) in [5.74, 6) is 0.649. The van der Waals surface area contributed by atoms with Gasteiger partial charge in [0.2, 0.25) is 6.79 Å². The summed E-state index contributed by atoms with van der Waals surface area (Å²) in [6.07, 6.45) is 0.401. The van der Waals surface area contributed by atoms with Crippen LogP contribution in [0.5, 0.6) is 11.5 Å². The Kier molecular flexibility index (Phi) is 4.75. The van der Waals surface area contributed by atoms with Crippen molar-refractivity contribution >= 4 is 23.3 Å². The van der Waals surface area contributed by atoms with Gasteiger partial charge < -0.3 is 19.5 Å². The molecule has 1 amide bonds. The largest absolute Gasteiger partial charge is 0.454 e. The van der Waals surface area contributed by atoms with Gasteiger partial charge in [0.15, 0.2) is 17.6 Å². The molecular weight excluding hydrogens is 378 g/mol. The van der Waals surface area contributed by atoms with Gasteiger partial charge >= 0.3 is 5.97 Å². The smallest absolute Gasteiger partial charge is 0.311 e. The van der Waals surface area contributed by atoms with Crippen molar-refractivity contribution in [3.63, 3.8) is 0 Å². The zero-order valence-corrected chi connectivity index (χ0v) is 16.1. The molecule has 10 nitrogen and oxygen atoms in total. The SMILES string of the molecule is Cc1nc2ncnn2c(C)c1CC(=O)O[C@@H](C)C(=O)Nc1ccc2c(c1)OCO2. The molecule has 0 spiro atoms. The Labute approximate surface area is 165 Å². The summed E-state index contributed by atoms with van der Waals surface area (Å²) in [6.45, 7) is 5.28. The molecule has 0 bridgehead atoms. The first-order valence-corrected chi connectivity index (χ1v) is 8.98. The number of carbonyl (C=O) groups excluding carboxylic acids is 2. The number of benzene rings is 1. The minimum Gasteiger partial charge on any atom is -0.454 e. The predicted molar refractivity (Wildman–Crippen MR) is 101 cm³/mol. The Morgan fingerprint density at radius 3 is 2.90 bits per heavy atom. The zero-order chi connectivity index (χ0) is 20.5. The van der Waals surface area contributed by atoms with E-state index in [-0.39, 0.29) is 13.2 Å². The number of ether oxygens (including phenoxy) is 3. The number of esters is 1. The van der Waals surface area contributed by atoms with Crippen molar-refractivity contribution in [2.75, 3.05) is 12.1 Å². The van der Waals surface area contributed by atoms with Gasteiger partial charge in [-0.2, -0.15) is 10.1 Å². The second kappa shape index (κ2) is 7.38. The van der Waals surface area contributed by atoms with Gasteiger partial charge in [0.25, 0.3) is 11.7 Å². The summed E-state index contributed by atoms with van der Waals surface area (Å²) in [4.78, 5) is 33.2. The summed E-state index contributed by atoms with van der Waals surface area (Å²) >= 11 is 0. The maximum absolute atomic E-state index is 12.4. The number of aryl methyl sites for hydroxylation is 2. The fourth-order valence-electron chi connectivity index (χ4n) is 3.07. The lowest BCUT2D eigenvalue weighted by molar-refractivity contribution is -0.152. The van der Waals surface area contributed by atoms with Crippen molar-refractivity contribution in [1.82, 2.24) is 19.6 Å². The van der Waals surface area contributed by atoms with Crippen LogP contribution in [0.4, 0.5) is 5.69 Å². The molecule has 1 atom stereocenters. The van der Waals surface area contributed by atoms with Crippen LogP contribution < -0.4 is 14.8 Å². The number of aromatic nitrogens is 4. The minimum absolute atomic E-state index is 0.0257. The normalized spacial score (nSPS) is 13.3. The number of anilines is 1. The molecule has 1 aromatic carbocycles. The van der Waals surface area contributed by atoms with E-state index in [9.17, 15) is 9.59 Å². The van der Waals surface area contributed by atoms with E-state index in [1.807, 2.05) is 6.92 Å². The first kappa shape index (κ1) is 18.7. The maximum Gasteiger partial charge on any atom is 0.311 e. The highest BCUT2D eigenvalue weighted by atomic mass is 16.7. The Bertz CT molecular complexity index is 1110. The Hall–Kier alpha value is -3.69. The van der Waals surface area contributed by atoms with E-state index < -0.39 is 18.0 Å². The second-order valence-electron chi connectivity index (χ2n) is 6.60. The molecule has 0 aliphatic carbocycles. The number of hydrogen-bond donors (Lipinski definition) is 1. The third kappa shape index (κ3) is 3.68. The van der Waals surface area contributed by atoms with Gasteiger partial charge in [-0.05, 0) is 32.9 Å². The third-order valence-electron chi connectivity index (χ3n) is 4.63. The zero-order valence-electron chi connectivity index (χ0n) is 16.1. The molecule has 1 aliphatic heterocycles. The van der Waals surface area contributed by atoms with Crippen LogP contribution in [0.25, 0.3) is 5.78 Å². The average molecular weight is 397 g/mol. The molecule has 0 saturated heterocycles. The van der Waals surface area contributed by atoms with Gasteiger partial charge in [0.05, 0.1) is 6.42 Å². The van der Waals surface area contributed by atoms with Crippen LogP contribution >= 0.6 is 0 Å². The number of rotatable bonds is 5. The maximum atomic E-state index is 12.4. The molecule has 10 heteroatoms. The molecule has 0 unspecified atom stereocenters. The topological polar surface area (TPSA) is 117 Å². The van der Waals surface area contributed by atoms with Crippen LogP contribution in [0.15, 0.2) is 24.5 Å². The second-order valence-corrected chi connectivity index (χ2v) is 6.60. The molecule has 0 saturated carbocycles. The molecule has 150 valence electrons. The van der Waals surface area contributed by atoms with Crippen LogP contribution in [-0.2, 0) is 20.7 Å². The van der Waals surface area contributed by atoms with Crippen molar-refractivity contribution in [3.05, 3.63) is 41.5 Å². The van der Waals surface area contributed by atoms with E-state index >= 15 is 0 Å². The number of nitrogens with one attached hydrogen (secondary N) is 1. The summed E-state index contributed by atoms with van der Waals surface area (Å²) < 4.78 is 17.4. The Morgan fingerprint density at radius 1 is 1.28 bits per heavy atom. The number of fused-ring (bicyclic) bond motifs is 2. The first-order valence-electron chi connectivity index (χ1n) is 8.98. The van der Waals surface area contributed by atoms with Crippen molar-refractivity contribution in [2.45, 2.75) is 33.3 Å². The van der Waals surface area contributed by atoms with E-state index in [2.05, 4.69) is 20.4 Å². The van der Waals surface area contributed by atoms with Crippen molar-refractivity contribution in [3.8, 4) is 11.5 Å². The van der Waals surface area contributed by atoms with Crippen LogP contribution in [0.2, 0.25) is 0 Å². The number of hydrogen-bond acceptors (Lipinski definition) is 8. The molecule has 0 radical (unpaired) electrons. The Morgan fingerprint density at radius 2 is 2.07 bits per heavy atom. The van der Waals surface area contributed by atoms with Crippen molar-refractivity contribution < 1.29 is 23.8 Å². The predicted octanol–water partition coefficient (Wildman–Crippen LogP) is 1.58. The minimum atomic E-state index is -0.975. The van der Waals surface area contributed by atoms with Gasteiger partial charge in [-0.15, -0.1) is 0 Å². The summed E-state index contributed by atoms with van der Waals surface area (Å²) in [5, 5.41) is 6.79. The number of nitrogens with zero attached hydrogens (tertiary/aromatic N) is 4. The van der Waals surface area contributed by atoms with Crippen LogP contribution in [0, 0.1) is 13.8 Å². The van der Waals surface area contributed by atoms with Gasteiger partial charge in [0, 0.05) is 28.7 Å². The molecule has 29 heavy (non-hydrogen) atoms. The van der Waals surface area contributed by atoms with E-state index in [4.69, 9.17) is 14.2 Å². The average Bonchev–Trinajstić information content (AvgIpc) is 3.33. The lowest BCUT2D eigenvalue weighted by atomic mass is 10.1. The van der Waals surface area contributed by atoms with E-state index in [1.165, 1.54) is 13.3 Å². The van der Waals surface area contributed by atoms with E-state index in [0.29, 0.717) is 34.2 Å². The number of carbonyl (C=O) groups is 2. The summed E-state index contributed by atoms with van der Waals surface area (Å²) in [7, 11) is 0. The quantitative estimate of drug-likeness (QED) is 0.645. The summed E-state index contributed by atoms with van der Waals surface area (Å²) in [6, 6.07) is 5.04. The fraction of sp³-hybridized carbons (Fsp3) is 0.316. The van der Waals surface area contributed by atoms with Crippen LogP contribution in [-0.4, -0.2) is 44.4 Å². The van der Waals surface area contributed by atoms with Crippen molar-refractivity contribution in [2.24, 2.45) is 0 Å². The van der Waals surface area contributed by atoms with Crippen LogP contribution in [0.1, 0.15) is 23.9 Å². The molecule has 0 fully saturated rings. The van der Waals surface area contributed by atoms with E-state index in [1.54, 1.807) is 29.6 Å². The standard InChI is InChI=1S/C19H19N5O5/c1-10-14(11(2)24-19(22-10)20-8-21-24)7-17(25)29-12(3)18(26)23-13-4-5-15-16(6-13)28-9-27-15/h4-6,8,12H,7,9H2,1-3H3,(H,23,26)/t12-/m0/s1. The van der Waals surface area contributed by atoms with Gasteiger partial charge in [0.1, 0.15) is 6.33 Å². The molecule has 2 aromatic heterocycles. The lowest BCUT2D eigenvalue weighted by Gasteiger charge is -2.15. The monoisotopic (exact) mass is 397 g/mol. The highest BCUT2D eigenvalue weighted by molar-refractivity contribution is 5.95. The summed E-state index contributed by atoms with van der Waals surface area (Å²) in [5.41, 5.74) is 2.63. The van der Waals surface area contributed by atoms with Gasteiger partial charge in [-0.1, -0.05) is 0 Å². The highest BCUT2D eigenvalue weighted by Gasteiger charge is 2.22. The van der Waals surface area contributed by atoms with E-state index in [0.717, 1.165) is 5.69 Å². The highest BCUT2D eigenvalue weighted by Crippen LogP contribution is 2.34. The fourth-order valence-corrected chi connectivity index (χ4v) is 3.07. The molecule has 4 rings (SSSR count). The lowest BCUT2D eigenvalue weighted by Crippen LogP contribution is -2.30. The van der Waals surface area contributed by atoms with Crippen LogP contribution in [0.3, 0.4) is 0 Å². The Balaban J connectivity index is 1.40. The molecule has 3 aromatic rings. The molecule has 1 aliphatic rings. The molecular formula is C19H19N5O5. The third-order valence-corrected chi connectivity index (χ3v) is 4.63. The van der Waals surface area contributed by atoms with Gasteiger partial charge in [-0.3, -0.25) is 9.59 Å². The first-order chi connectivity index (χ1) is 13.9. The van der Waals surface area contributed by atoms with Crippen molar-refractivity contribution in [1.29, 1.82) is 0 Å². The van der Waals surface area contributed by atoms with Gasteiger partial charge in [-0.25, -0.2) is 9.50 Å².